The Kier molecular flexibility index (Phi) is 7.36. The molecule has 2 N–H and O–H groups in total. The number of amides is 2. The van der Waals surface area contributed by atoms with E-state index in [0.29, 0.717) is 12.2 Å². The second-order valence-electron chi connectivity index (χ2n) is 5.70. The first kappa shape index (κ1) is 19.2. The molecule has 2 aromatic carbocycles. The van der Waals surface area contributed by atoms with Gasteiger partial charge in [0.15, 0.2) is 0 Å². The van der Waals surface area contributed by atoms with Gasteiger partial charge in [0.05, 0.1) is 18.4 Å². The number of carbonyl (C=O) groups excluding carboxylic acids is 3. The Morgan fingerprint density at radius 3 is 2.35 bits per heavy atom. The SMILES string of the molecule is COC(=O)c1ccccc1NC(=O)CC(=O)NCCCc1ccccc1. The summed E-state index contributed by atoms with van der Waals surface area (Å²) in [6, 6.07) is 16.5. The predicted molar refractivity (Wildman–Crippen MR) is 98.8 cm³/mol. The van der Waals surface area contributed by atoms with Gasteiger partial charge in [-0.05, 0) is 30.5 Å². The lowest BCUT2D eigenvalue weighted by atomic mass is 10.1. The van der Waals surface area contributed by atoms with Gasteiger partial charge in [0.2, 0.25) is 11.8 Å². The molecule has 0 spiro atoms. The van der Waals surface area contributed by atoms with E-state index in [4.69, 9.17) is 0 Å². The molecular formula is C20H22N2O4. The van der Waals surface area contributed by atoms with Crippen molar-refractivity contribution in [2.45, 2.75) is 19.3 Å². The fraction of sp³-hybridized carbons (Fsp3) is 0.250. The van der Waals surface area contributed by atoms with Crippen molar-refractivity contribution in [2.24, 2.45) is 0 Å². The number of benzene rings is 2. The molecule has 2 aromatic rings. The van der Waals surface area contributed by atoms with Gasteiger partial charge in [-0.3, -0.25) is 9.59 Å². The van der Waals surface area contributed by atoms with Gasteiger partial charge in [-0.15, -0.1) is 0 Å². The molecule has 0 unspecified atom stereocenters. The standard InChI is InChI=1S/C20H22N2O4/c1-26-20(25)16-11-5-6-12-17(16)22-19(24)14-18(23)21-13-7-10-15-8-3-2-4-9-15/h2-6,8-9,11-12H,7,10,13-14H2,1H3,(H,21,23)(H,22,24). The van der Waals surface area contributed by atoms with E-state index in [1.54, 1.807) is 24.3 Å². The summed E-state index contributed by atoms with van der Waals surface area (Å²) in [4.78, 5) is 35.6. The number of nitrogens with one attached hydrogen (secondary N) is 2. The third-order valence-electron chi connectivity index (χ3n) is 3.73. The predicted octanol–water partition coefficient (Wildman–Crippen LogP) is 2.55. The Morgan fingerprint density at radius 1 is 0.923 bits per heavy atom. The second kappa shape index (κ2) is 9.98. The van der Waals surface area contributed by atoms with Crippen LogP contribution < -0.4 is 10.6 Å². The number of aryl methyl sites for hydroxylation is 1. The van der Waals surface area contributed by atoms with Gasteiger partial charge in [-0.2, -0.15) is 0 Å². The van der Waals surface area contributed by atoms with Crippen LogP contribution in [0.25, 0.3) is 0 Å². The molecule has 0 saturated carbocycles. The molecule has 0 atom stereocenters. The number of hydrogen-bond acceptors (Lipinski definition) is 4. The van der Waals surface area contributed by atoms with E-state index in [0.717, 1.165) is 12.8 Å². The van der Waals surface area contributed by atoms with Crippen molar-refractivity contribution in [1.29, 1.82) is 0 Å². The van der Waals surface area contributed by atoms with Crippen LogP contribution in [0.1, 0.15) is 28.8 Å². The van der Waals surface area contributed by atoms with Gasteiger partial charge in [-0.1, -0.05) is 42.5 Å². The summed E-state index contributed by atoms with van der Waals surface area (Å²) in [6.45, 7) is 0.500. The van der Waals surface area contributed by atoms with Crippen molar-refractivity contribution in [3.05, 3.63) is 65.7 Å². The van der Waals surface area contributed by atoms with Crippen LogP contribution in [0.15, 0.2) is 54.6 Å². The van der Waals surface area contributed by atoms with E-state index < -0.39 is 11.9 Å². The van der Waals surface area contributed by atoms with Crippen LogP contribution in [0, 0.1) is 0 Å². The Balaban J connectivity index is 1.75. The Hall–Kier alpha value is -3.15. The maximum absolute atomic E-state index is 12.0. The minimum absolute atomic E-state index is 0.242. The highest BCUT2D eigenvalue weighted by Crippen LogP contribution is 2.16. The molecule has 2 amide bonds. The minimum Gasteiger partial charge on any atom is -0.465 e. The van der Waals surface area contributed by atoms with Crippen LogP contribution in [-0.4, -0.2) is 31.4 Å². The summed E-state index contributed by atoms with van der Waals surface area (Å²) >= 11 is 0. The first-order chi connectivity index (χ1) is 12.6. The average molecular weight is 354 g/mol. The quantitative estimate of drug-likeness (QED) is 0.433. The smallest absolute Gasteiger partial charge is 0.339 e. The number of hydrogen-bond donors (Lipinski definition) is 2. The van der Waals surface area contributed by atoms with Crippen molar-refractivity contribution in [1.82, 2.24) is 5.32 Å². The Bertz CT molecular complexity index is 759. The molecule has 0 saturated heterocycles. The highest BCUT2D eigenvalue weighted by molar-refractivity contribution is 6.06. The first-order valence-corrected chi connectivity index (χ1v) is 8.38. The molecule has 0 heterocycles. The Labute approximate surface area is 152 Å². The number of para-hydroxylation sites is 1. The van der Waals surface area contributed by atoms with Gasteiger partial charge < -0.3 is 15.4 Å². The lowest BCUT2D eigenvalue weighted by Crippen LogP contribution is -2.29. The van der Waals surface area contributed by atoms with Crippen molar-refractivity contribution in [3.63, 3.8) is 0 Å². The van der Waals surface area contributed by atoms with E-state index in [2.05, 4.69) is 15.4 Å². The molecular weight excluding hydrogens is 332 g/mol. The lowest BCUT2D eigenvalue weighted by molar-refractivity contribution is -0.126. The fourth-order valence-corrected chi connectivity index (χ4v) is 2.45. The largest absolute Gasteiger partial charge is 0.465 e. The van der Waals surface area contributed by atoms with Crippen molar-refractivity contribution >= 4 is 23.5 Å². The highest BCUT2D eigenvalue weighted by Gasteiger charge is 2.15. The van der Waals surface area contributed by atoms with E-state index in [1.807, 2.05) is 30.3 Å². The van der Waals surface area contributed by atoms with Crippen molar-refractivity contribution in [2.75, 3.05) is 19.0 Å². The van der Waals surface area contributed by atoms with E-state index in [1.165, 1.54) is 12.7 Å². The molecule has 0 aliphatic rings. The Morgan fingerprint density at radius 2 is 1.62 bits per heavy atom. The summed E-state index contributed by atoms with van der Waals surface area (Å²) in [5, 5.41) is 5.30. The zero-order chi connectivity index (χ0) is 18.8. The van der Waals surface area contributed by atoms with E-state index in [9.17, 15) is 14.4 Å². The number of anilines is 1. The summed E-state index contributed by atoms with van der Waals surface area (Å²) in [5.41, 5.74) is 1.77. The van der Waals surface area contributed by atoms with Gasteiger partial charge >= 0.3 is 5.97 Å². The number of rotatable bonds is 8. The van der Waals surface area contributed by atoms with Crippen LogP contribution in [0.5, 0.6) is 0 Å². The first-order valence-electron chi connectivity index (χ1n) is 8.38. The normalized spacial score (nSPS) is 10.0. The monoisotopic (exact) mass is 354 g/mol. The second-order valence-corrected chi connectivity index (χ2v) is 5.70. The zero-order valence-corrected chi connectivity index (χ0v) is 14.7. The molecule has 0 aromatic heterocycles. The van der Waals surface area contributed by atoms with Crippen LogP contribution >= 0.6 is 0 Å². The van der Waals surface area contributed by atoms with Crippen LogP contribution in [-0.2, 0) is 20.7 Å². The van der Waals surface area contributed by atoms with Gasteiger partial charge in [0.25, 0.3) is 0 Å². The average Bonchev–Trinajstić information content (AvgIpc) is 2.66. The molecule has 0 radical (unpaired) electrons. The van der Waals surface area contributed by atoms with Crippen LogP contribution in [0.2, 0.25) is 0 Å². The van der Waals surface area contributed by atoms with Crippen LogP contribution in [0.4, 0.5) is 5.69 Å². The zero-order valence-electron chi connectivity index (χ0n) is 14.7. The molecule has 6 nitrogen and oxygen atoms in total. The van der Waals surface area contributed by atoms with E-state index >= 15 is 0 Å². The molecule has 0 bridgehead atoms. The molecule has 26 heavy (non-hydrogen) atoms. The number of esters is 1. The maximum Gasteiger partial charge on any atom is 0.339 e. The van der Waals surface area contributed by atoms with Gasteiger partial charge in [0, 0.05) is 6.54 Å². The molecule has 136 valence electrons. The fourth-order valence-electron chi connectivity index (χ4n) is 2.45. The number of ether oxygens (including phenoxy) is 1. The summed E-state index contributed by atoms with van der Waals surface area (Å²) in [7, 11) is 1.27. The molecule has 2 rings (SSSR count). The third kappa shape index (κ3) is 6.05. The minimum atomic E-state index is -0.550. The highest BCUT2D eigenvalue weighted by atomic mass is 16.5. The molecule has 6 heteroatoms. The lowest BCUT2D eigenvalue weighted by Gasteiger charge is -2.10. The topological polar surface area (TPSA) is 84.5 Å². The summed E-state index contributed by atoms with van der Waals surface area (Å²) in [5.74, 6) is -1.39. The third-order valence-corrected chi connectivity index (χ3v) is 3.73. The summed E-state index contributed by atoms with van der Waals surface area (Å²) in [6.07, 6.45) is 1.35. The van der Waals surface area contributed by atoms with Gasteiger partial charge in [-0.25, -0.2) is 4.79 Å². The molecule has 0 aliphatic carbocycles. The molecule has 0 fully saturated rings. The van der Waals surface area contributed by atoms with Gasteiger partial charge in [0.1, 0.15) is 6.42 Å². The van der Waals surface area contributed by atoms with Crippen LogP contribution in [0.3, 0.4) is 0 Å². The summed E-state index contributed by atoms with van der Waals surface area (Å²) < 4.78 is 4.67. The van der Waals surface area contributed by atoms with E-state index in [-0.39, 0.29) is 17.9 Å². The molecule has 0 aliphatic heterocycles. The van der Waals surface area contributed by atoms with Crippen molar-refractivity contribution in [3.8, 4) is 0 Å². The number of methoxy groups -OCH3 is 1. The van der Waals surface area contributed by atoms with Crippen molar-refractivity contribution < 1.29 is 19.1 Å². The maximum atomic E-state index is 12.0. The number of carbonyl (C=O) groups is 3.